The van der Waals surface area contributed by atoms with Crippen LogP contribution in [0, 0.1) is 0 Å². The summed E-state index contributed by atoms with van der Waals surface area (Å²) in [5.74, 6) is 0. The number of rotatable bonds is 9. The molecular weight excluding hydrogens is 304 g/mol. The van der Waals surface area contributed by atoms with E-state index in [1.807, 2.05) is 18.2 Å². The number of benzene rings is 2. The van der Waals surface area contributed by atoms with Gasteiger partial charge in [0, 0.05) is 16.5 Å². The lowest BCUT2D eigenvalue weighted by Crippen LogP contribution is -1.90. The van der Waals surface area contributed by atoms with Gasteiger partial charge in [0.25, 0.3) is 0 Å². The molecule has 3 rings (SSSR count). The van der Waals surface area contributed by atoms with Gasteiger partial charge in [0.1, 0.15) is 0 Å². The first-order chi connectivity index (χ1) is 12.3. The second-order valence-corrected chi connectivity index (χ2v) is 7.19. The molecule has 0 radical (unpaired) electrons. The van der Waals surface area contributed by atoms with E-state index in [-0.39, 0.29) is 0 Å². The average molecular weight is 335 g/mol. The molecule has 2 aromatic carbocycles. The van der Waals surface area contributed by atoms with Crippen molar-refractivity contribution in [1.29, 1.82) is 0 Å². The van der Waals surface area contributed by atoms with Crippen LogP contribution in [0.4, 0.5) is 5.69 Å². The average Bonchev–Trinajstić information content (AvgIpc) is 2.62. The van der Waals surface area contributed by atoms with Gasteiger partial charge in [-0.05, 0) is 48.7 Å². The fourth-order valence-electron chi connectivity index (χ4n) is 3.51. The van der Waals surface area contributed by atoms with Crippen LogP contribution < -0.4 is 5.73 Å². The third-order valence-electron chi connectivity index (χ3n) is 5.02. The van der Waals surface area contributed by atoms with Crippen LogP contribution in [0.15, 0.2) is 42.5 Å². The van der Waals surface area contributed by atoms with Crippen LogP contribution in [-0.2, 0) is 6.42 Å². The molecular formula is C23H30N2. The number of hydrogen-bond acceptors (Lipinski definition) is 2. The topological polar surface area (TPSA) is 38.9 Å². The zero-order valence-electron chi connectivity index (χ0n) is 15.4. The maximum atomic E-state index is 5.88. The predicted octanol–water partition coefficient (Wildman–Crippen LogP) is 6.65. The normalized spacial score (nSPS) is 11.4. The molecule has 0 aliphatic rings. The van der Waals surface area contributed by atoms with Crippen LogP contribution in [0.25, 0.3) is 21.8 Å². The second kappa shape index (κ2) is 8.84. The molecule has 0 saturated carbocycles. The summed E-state index contributed by atoms with van der Waals surface area (Å²) in [6.45, 7) is 2.27. The summed E-state index contributed by atoms with van der Waals surface area (Å²) in [5, 5.41) is 2.31. The molecule has 1 aromatic heterocycles. The summed E-state index contributed by atoms with van der Waals surface area (Å²) in [6, 6.07) is 14.8. The number of nitrogens with two attached hydrogens (primary N) is 1. The minimum Gasteiger partial charge on any atom is -0.399 e. The van der Waals surface area contributed by atoms with Crippen molar-refractivity contribution in [2.75, 3.05) is 5.73 Å². The van der Waals surface area contributed by atoms with E-state index in [4.69, 9.17) is 10.7 Å². The molecule has 25 heavy (non-hydrogen) atoms. The standard InChI is InChI=1S/C23H30N2/c1-2-3-4-5-6-7-8-9-10-18-11-12-19-16-20-17-21(24)13-14-22(20)25-23(19)15-18/h11-17H,2-10,24H2,1H3. The Balaban J connectivity index is 1.56. The third kappa shape index (κ3) is 4.94. The Labute approximate surface area is 151 Å². The molecule has 2 heteroatoms. The van der Waals surface area contributed by atoms with Gasteiger partial charge in [-0.3, -0.25) is 0 Å². The summed E-state index contributed by atoms with van der Waals surface area (Å²) < 4.78 is 0. The monoisotopic (exact) mass is 334 g/mol. The zero-order chi connectivity index (χ0) is 17.5. The Kier molecular flexibility index (Phi) is 6.27. The summed E-state index contributed by atoms with van der Waals surface area (Å²) in [7, 11) is 0. The fraction of sp³-hybridized carbons (Fsp3) is 0.435. The Morgan fingerprint density at radius 3 is 2.28 bits per heavy atom. The van der Waals surface area contributed by atoms with E-state index in [0.717, 1.165) is 28.5 Å². The fourth-order valence-corrected chi connectivity index (χ4v) is 3.51. The SMILES string of the molecule is CCCCCCCCCCc1ccc2cc3cc(N)ccc3nc2c1. The van der Waals surface area contributed by atoms with Crippen LogP contribution in [-0.4, -0.2) is 4.98 Å². The number of aromatic nitrogens is 1. The maximum absolute atomic E-state index is 5.88. The van der Waals surface area contributed by atoms with Crippen LogP contribution >= 0.6 is 0 Å². The molecule has 0 bridgehead atoms. The van der Waals surface area contributed by atoms with Crippen molar-refractivity contribution in [1.82, 2.24) is 4.98 Å². The molecule has 0 unspecified atom stereocenters. The highest BCUT2D eigenvalue weighted by molar-refractivity contribution is 5.94. The predicted molar refractivity (Wildman–Crippen MR) is 110 cm³/mol. The molecule has 2 nitrogen and oxygen atoms in total. The van der Waals surface area contributed by atoms with Crippen molar-refractivity contribution in [2.45, 2.75) is 64.7 Å². The van der Waals surface area contributed by atoms with Gasteiger partial charge >= 0.3 is 0 Å². The third-order valence-corrected chi connectivity index (χ3v) is 5.02. The molecule has 0 fully saturated rings. The van der Waals surface area contributed by atoms with Crippen molar-refractivity contribution >= 4 is 27.5 Å². The molecule has 2 N–H and O–H groups in total. The molecule has 0 saturated heterocycles. The highest BCUT2D eigenvalue weighted by Crippen LogP contribution is 2.23. The highest BCUT2D eigenvalue weighted by atomic mass is 14.7. The lowest BCUT2D eigenvalue weighted by atomic mass is 10.0. The Morgan fingerprint density at radius 1 is 0.720 bits per heavy atom. The molecule has 3 aromatic rings. The molecule has 0 spiro atoms. The minimum absolute atomic E-state index is 0.792. The van der Waals surface area contributed by atoms with Crippen molar-refractivity contribution in [3.63, 3.8) is 0 Å². The van der Waals surface area contributed by atoms with E-state index in [0.29, 0.717) is 0 Å². The van der Waals surface area contributed by atoms with Gasteiger partial charge in [0.15, 0.2) is 0 Å². The number of fused-ring (bicyclic) bond motifs is 2. The van der Waals surface area contributed by atoms with Gasteiger partial charge in [0.05, 0.1) is 11.0 Å². The van der Waals surface area contributed by atoms with Crippen LogP contribution in [0.2, 0.25) is 0 Å². The van der Waals surface area contributed by atoms with Crippen LogP contribution in [0.5, 0.6) is 0 Å². The van der Waals surface area contributed by atoms with Crippen molar-refractivity contribution < 1.29 is 0 Å². The molecule has 132 valence electrons. The van der Waals surface area contributed by atoms with Gasteiger partial charge in [-0.1, -0.05) is 64.0 Å². The lowest BCUT2D eigenvalue weighted by Gasteiger charge is -2.06. The maximum Gasteiger partial charge on any atom is 0.0712 e. The van der Waals surface area contributed by atoms with E-state index in [9.17, 15) is 0 Å². The lowest BCUT2D eigenvalue weighted by molar-refractivity contribution is 0.575. The molecule has 0 aliphatic heterocycles. The molecule has 0 atom stereocenters. The summed E-state index contributed by atoms with van der Waals surface area (Å²) in [6.07, 6.45) is 12.1. The first kappa shape index (κ1) is 17.7. The smallest absolute Gasteiger partial charge is 0.0712 e. The second-order valence-electron chi connectivity index (χ2n) is 7.19. The van der Waals surface area contributed by atoms with E-state index >= 15 is 0 Å². The quantitative estimate of drug-likeness (QED) is 0.270. The van der Waals surface area contributed by atoms with Crippen LogP contribution in [0.3, 0.4) is 0 Å². The first-order valence-corrected chi connectivity index (χ1v) is 9.85. The number of nitrogen functional groups attached to an aromatic ring is 1. The van der Waals surface area contributed by atoms with E-state index in [2.05, 4.69) is 31.2 Å². The van der Waals surface area contributed by atoms with Gasteiger partial charge in [0.2, 0.25) is 0 Å². The summed E-state index contributed by atoms with van der Waals surface area (Å²) >= 11 is 0. The number of aryl methyl sites for hydroxylation is 1. The van der Waals surface area contributed by atoms with Crippen molar-refractivity contribution in [2.24, 2.45) is 0 Å². The molecule has 1 heterocycles. The Hall–Kier alpha value is -2.09. The van der Waals surface area contributed by atoms with E-state index < -0.39 is 0 Å². The van der Waals surface area contributed by atoms with E-state index in [1.54, 1.807) is 0 Å². The van der Waals surface area contributed by atoms with Gasteiger partial charge in [-0.25, -0.2) is 4.98 Å². The highest BCUT2D eigenvalue weighted by Gasteiger charge is 2.02. The van der Waals surface area contributed by atoms with Gasteiger partial charge < -0.3 is 5.73 Å². The van der Waals surface area contributed by atoms with Crippen molar-refractivity contribution in [3.8, 4) is 0 Å². The number of unbranched alkanes of at least 4 members (excludes halogenated alkanes) is 7. The van der Waals surface area contributed by atoms with Crippen molar-refractivity contribution in [3.05, 3.63) is 48.0 Å². The largest absolute Gasteiger partial charge is 0.399 e. The number of pyridine rings is 1. The minimum atomic E-state index is 0.792. The van der Waals surface area contributed by atoms with Gasteiger partial charge in [-0.15, -0.1) is 0 Å². The van der Waals surface area contributed by atoms with Gasteiger partial charge in [-0.2, -0.15) is 0 Å². The summed E-state index contributed by atoms with van der Waals surface area (Å²) in [4.78, 5) is 4.81. The molecule has 0 aliphatic carbocycles. The zero-order valence-corrected chi connectivity index (χ0v) is 15.4. The number of anilines is 1. The van der Waals surface area contributed by atoms with E-state index in [1.165, 1.54) is 62.3 Å². The Bertz CT molecular complexity index is 823. The summed E-state index contributed by atoms with van der Waals surface area (Å²) in [5.41, 5.74) is 10.2. The number of hydrogen-bond donors (Lipinski definition) is 1. The number of nitrogens with zero attached hydrogens (tertiary/aromatic N) is 1. The first-order valence-electron chi connectivity index (χ1n) is 9.85. The van der Waals surface area contributed by atoms with Crippen LogP contribution in [0.1, 0.15) is 63.9 Å². The Morgan fingerprint density at radius 2 is 1.48 bits per heavy atom. The molecule has 0 amide bonds.